The summed E-state index contributed by atoms with van der Waals surface area (Å²) in [5.74, 6) is 0.656. The van der Waals surface area contributed by atoms with Crippen molar-refractivity contribution >= 4 is 28.9 Å². The van der Waals surface area contributed by atoms with Crippen molar-refractivity contribution in [1.29, 1.82) is 0 Å². The molecule has 0 unspecified atom stereocenters. The lowest BCUT2D eigenvalue weighted by atomic mass is 10.1. The van der Waals surface area contributed by atoms with Crippen molar-refractivity contribution < 1.29 is 9.53 Å². The lowest BCUT2D eigenvalue weighted by Gasteiger charge is -2.11. The van der Waals surface area contributed by atoms with Gasteiger partial charge in [0.05, 0.1) is 6.61 Å². The smallest absolute Gasteiger partial charge is 0.226 e. The Labute approximate surface area is 141 Å². The Bertz CT molecular complexity index is 659. The molecule has 0 bridgehead atoms. The van der Waals surface area contributed by atoms with Crippen LogP contribution in [-0.2, 0) is 11.2 Å². The molecular formula is C18H20N2O2S. The number of hydrogen-bond donors (Lipinski definition) is 2. The second-order valence-corrected chi connectivity index (χ2v) is 5.36. The van der Waals surface area contributed by atoms with Crippen LogP contribution in [0.4, 0.5) is 5.69 Å². The van der Waals surface area contributed by atoms with Gasteiger partial charge in [0.1, 0.15) is 5.75 Å². The minimum Gasteiger partial charge on any atom is -0.494 e. The first-order valence-corrected chi connectivity index (χ1v) is 7.96. The number of hydrogen-bond acceptors (Lipinski definition) is 3. The molecule has 0 aromatic heterocycles. The van der Waals surface area contributed by atoms with Crippen molar-refractivity contribution in [2.75, 3.05) is 11.9 Å². The highest BCUT2D eigenvalue weighted by Gasteiger charge is 2.06. The SMILES string of the molecule is CCOc1cccc(NC(=S)NC(=O)CCc2ccccc2)c1. The van der Waals surface area contributed by atoms with Crippen LogP contribution in [0, 0.1) is 0 Å². The number of nitrogens with one attached hydrogen (secondary N) is 2. The van der Waals surface area contributed by atoms with Crippen LogP contribution < -0.4 is 15.4 Å². The van der Waals surface area contributed by atoms with Gasteiger partial charge in [-0.1, -0.05) is 36.4 Å². The van der Waals surface area contributed by atoms with E-state index in [1.54, 1.807) is 0 Å². The van der Waals surface area contributed by atoms with Gasteiger partial charge in [0.15, 0.2) is 5.11 Å². The minimum absolute atomic E-state index is 0.104. The molecule has 0 atom stereocenters. The minimum atomic E-state index is -0.104. The first-order chi connectivity index (χ1) is 11.2. The number of benzene rings is 2. The summed E-state index contributed by atoms with van der Waals surface area (Å²) in [6.45, 7) is 2.53. The van der Waals surface area contributed by atoms with Gasteiger partial charge in [-0.2, -0.15) is 0 Å². The summed E-state index contributed by atoms with van der Waals surface area (Å²) in [4.78, 5) is 11.9. The van der Waals surface area contributed by atoms with Crippen LogP contribution in [-0.4, -0.2) is 17.6 Å². The maximum atomic E-state index is 11.9. The number of thiocarbonyl (C=S) groups is 1. The number of anilines is 1. The molecule has 2 N–H and O–H groups in total. The standard InChI is InChI=1S/C18H20N2O2S/c1-2-22-16-10-6-9-15(13-16)19-18(23)20-17(21)12-11-14-7-4-3-5-8-14/h3-10,13H,2,11-12H2,1H3,(H2,19,20,21,23). The van der Waals surface area contributed by atoms with Crippen molar-refractivity contribution in [1.82, 2.24) is 5.32 Å². The molecule has 2 rings (SSSR count). The van der Waals surface area contributed by atoms with Gasteiger partial charge in [-0.15, -0.1) is 0 Å². The molecule has 0 heterocycles. The van der Waals surface area contributed by atoms with Crippen LogP contribution in [0.15, 0.2) is 54.6 Å². The molecule has 0 saturated heterocycles. The van der Waals surface area contributed by atoms with Crippen LogP contribution in [0.5, 0.6) is 5.75 Å². The summed E-state index contributed by atoms with van der Waals surface area (Å²) in [5, 5.41) is 5.97. The zero-order chi connectivity index (χ0) is 16.5. The normalized spacial score (nSPS) is 9.96. The number of amides is 1. The number of aryl methyl sites for hydroxylation is 1. The predicted octanol–water partition coefficient (Wildman–Crippen LogP) is 3.53. The molecule has 0 aliphatic carbocycles. The molecule has 0 aliphatic rings. The van der Waals surface area contributed by atoms with E-state index in [0.29, 0.717) is 19.4 Å². The number of carbonyl (C=O) groups is 1. The molecule has 0 fully saturated rings. The molecule has 4 nitrogen and oxygen atoms in total. The predicted molar refractivity (Wildman–Crippen MR) is 96.7 cm³/mol. The summed E-state index contributed by atoms with van der Waals surface area (Å²) < 4.78 is 5.43. The average molecular weight is 328 g/mol. The second-order valence-electron chi connectivity index (χ2n) is 4.95. The van der Waals surface area contributed by atoms with Crippen molar-refractivity contribution in [2.45, 2.75) is 19.8 Å². The van der Waals surface area contributed by atoms with E-state index in [-0.39, 0.29) is 11.0 Å². The van der Waals surface area contributed by atoms with Gasteiger partial charge >= 0.3 is 0 Å². The molecule has 2 aromatic rings. The molecule has 0 saturated carbocycles. The van der Waals surface area contributed by atoms with Gasteiger partial charge in [0, 0.05) is 18.2 Å². The highest BCUT2D eigenvalue weighted by molar-refractivity contribution is 7.80. The number of ether oxygens (including phenoxy) is 1. The molecule has 23 heavy (non-hydrogen) atoms. The number of rotatable bonds is 6. The van der Waals surface area contributed by atoms with Gasteiger partial charge in [-0.25, -0.2) is 0 Å². The van der Waals surface area contributed by atoms with Crippen LogP contribution in [0.3, 0.4) is 0 Å². The van der Waals surface area contributed by atoms with Gasteiger partial charge in [-0.3, -0.25) is 4.79 Å². The fourth-order valence-corrected chi connectivity index (χ4v) is 2.32. The lowest BCUT2D eigenvalue weighted by molar-refractivity contribution is -0.119. The van der Waals surface area contributed by atoms with Crippen LogP contribution in [0.2, 0.25) is 0 Å². The van der Waals surface area contributed by atoms with E-state index in [1.165, 1.54) is 0 Å². The van der Waals surface area contributed by atoms with E-state index in [4.69, 9.17) is 17.0 Å². The quantitative estimate of drug-likeness (QED) is 0.797. The summed E-state index contributed by atoms with van der Waals surface area (Å²) >= 11 is 5.17. The molecule has 0 spiro atoms. The van der Waals surface area contributed by atoms with E-state index in [0.717, 1.165) is 17.0 Å². The van der Waals surface area contributed by atoms with Gasteiger partial charge < -0.3 is 15.4 Å². The van der Waals surface area contributed by atoms with E-state index < -0.39 is 0 Å². The maximum Gasteiger partial charge on any atom is 0.226 e. The highest BCUT2D eigenvalue weighted by Crippen LogP contribution is 2.17. The third-order valence-corrected chi connectivity index (χ3v) is 3.34. The van der Waals surface area contributed by atoms with Crippen molar-refractivity contribution in [3.8, 4) is 5.75 Å². The molecule has 2 aromatic carbocycles. The molecule has 0 radical (unpaired) electrons. The zero-order valence-electron chi connectivity index (χ0n) is 13.0. The first-order valence-electron chi connectivity index (χ1n) is 7.55. The van der Waals surface area contributed by atoms with Gasteiger partial charge in [0.2, 0.25) is 5.91 Å². The molecule has 120 valence electrons. The van der Waals surface area contributed by atoms with E-state index in [2.05, 4.69) is 10.6 Å². The first kappa shape index (κ1) is 17.0. The average Bonchev–Trinajstić information content (AvgIpc) is 2.54. The fraction of sp³-hybridized carbons (Fsp3) is 0.222. The molecule has 0 aliphatic heterocycles. The number of carbonyl (C=O) groups excluding carboxylic acids is 1. The largest absolute Gasteiger partial charge is 0.494 e. The van der Waals surface area contributed by atoms with Crippen LogP contribution >= 0.6 is 12.2 Å². The molecule has 1 amide bonds. The Balaban J connectivity index is 1.79. The Morgan fingerprint density at radius 2 is 1.91 bits per heavy atom. The van der Waals surface area contributed by atoms with E-state index >= 15 is 0 Å². The summed E-state index contributed by atoms with van der Waals surface area (Å²) in [6, 6.07) is 17.3. The topological polar surface area (TPSA) is 50.4 Å². The lowest BCUT2D eigenvalue weighted by Crippen LogP contribution is -2.34. The maximum absolute atomic E-state index is 11.9. The highest BCUT2D eigenvalue weighted by atomic mass is 32.1. The second kappa shape index (κ2) is 8.90. The van der Waals surface area contributed by atoms with Crippen molar-refractivity contribution in [2.24, 2.45) is 0 Å². The van der Waals surface area contributed by atoms with Gasteiger partial charge in [-0.05, 0) is 43.3 Å². The Morgan fingerprint density at radius 3 is 2.65 bits per heavy atom. The monoisotopic (exact) mass is 328 g/mol. The van der Waals surface area contributed by atoms with Crippen molar-refractivity contribution in [3.05, 3.63) is 60.2 Å². The summed E-state index contributed by atoms with van der Waals surface area (Å²) in [6.07, 6.45) is 1.08. The molecular weight excluding hydrogens is 308 g/mol. The Kier molecular flexibility index (Phi) is 6.56. The van der Waals surface area contributed by atoms with Crippen molar-refractivity contribution in [3.63, 3.8) is 0 Å². The Morgan fingerprint density at radius 1 is 1.13 bits per heavy atom. The summed E-state index contributed by atoms with van der Waals surface area (Å²) in [5.41, 5.74) is 1.91. The summed E-state index contributed by atoms with van der Waals surface area (Å²) in [7, 11) is 0. The van der Waals surface area contributed by atoms with E-state index in [9.17, 15) is 4.79 Å². The molecule has 5 heteroatoms. The third kappa shape index (κ3) is 6.08. The van der Waals surface area contributed by atoms with Crippen LogP contribution in [0.25, 0.3) is 0 Å². The Hall–Kier alpha value is -2.40. The fourth-order valence-electron chi connectivity index (χ4n) is 2.08. The zero-order valence-corrected chi connectivity index (χ0v) is 13.9. The van der Waals surface area contributed by atoms with Gasteiger partial charge in [0.25, 0.3) is 0 Å². The van der Waals surface area contributed by atoms with E-state index in [1.807, 2.05) is 61.5 Å². The third-order valence-electron chi connectivity index (χ3n) is 3.14. The van der Waals surface area contributed by atoms with Crippen LogP contribution in [0.1, 0.15) is 18.9 Å².